The quantitative estimate of drug-likeness (QED) is 0.717. The summed E-state index contributed by atoms with van der Waals surface area (Å²) in [5.41, 5.74) is 13.1. The molecule has 3 N–H and O–H groups in total. The molecule has 1 fully saturated rings. The first kappa shape index (κ1) is 18.4. The van der Waals surface area contributed by atoms with Crippen molar-refractivity contribution in [2.75, 3.05) is 13.1 Å². The van der Waals surface area contributed by atoms with E-state index < -0.39 is 6.04 Å². The molecule has 0 radical (unpaired) electrons. The van der Waals surface area contributed by atoms with E-state index in [1.54, 1.807) is 0 Å². The summed E-state index contributed by atoms with van der Waals surface area (Å²) in [5.74, 6) is 0.0909. The van der Waals surface area contributed by atoms with Crippen LogP contribution in [0.3, 0.4) is 0 Å². The zero-order chi connectivity index (χ0) is 20.0. The lowest BCUT2D eigenvalue weighted by Gasteiger charge is -2.41. The molecule has 1 atom stereocenters. The first-order chi connectivity index (χ1) is 14.1. The van der Waals surface area contributed by atoms with Gasteiger partial charge in [-0.05, 0) is 73.3 Å². The summed E-state index contributed by atoms with van der Waals surface area (Å²) in [4.78, 5) is 18.4. The van der Waals surface area contributed by atoms with Gasteiger partial charge in [0.15, 0.2) is 0 Å². The highest BCUT2D eigenvalue weighted by Crippen LogP contribution is 2.46. The van der Waals surface area contributed by atoms with Gasteiger partial charge in [0, 0.05) is 30.2 Å². The molecule has 4 nitrogen and oxygen atoms in total. The van der Waals surface area contributed by atoms with E-state index in [4.69, 9.17) is 5.73 Å². The van der Waals surface area contributed by atoms with Gasteiger partial charge in [0.2, 0.25) is 5.91 Å². The number of amides is 1. The molecule has 2 heterocycles. The lowest BCUT2D eigenvalue weighted by atomic mass is 9.74. The second-order valence-corrected chi connectivity index (χ2v) is 8.94. The van der Waals surface area contributed by atoms with Gasteiger partial charge in [-0.3, -0.25) is 4.79 Å². The van der Waals surface area contributed by atoms with Crippen LogP contribution in [-0.4, -0.2) is 34.9 Å². The minimum absolute atomic E-state index is 0.0909. The molecule has 1 saturated heterocycles. The second kappa shape index (κ2) is 7.03. The van der Waals surface area contributed by atoms with Crippen molar-refractivity contribution < 1.29 is 4.79 Å². The van der Waals surface area contributed by atoms with Crippen LogP contribution in [0.15, 0.2) is 48.7 Å². The van der Waals surface area contributed by atoms with Gasteiger partial charge < -0.3 is 15.6 Å². The number of H-pyrrole nitrogens is 1. The molecular weight excluding hydrogens is 358 g/mol. The maximum Gasteiger partial charge on any atom is 0.239 e. The van der Waals surface area contributed by atoms with Crippen LogP contribution in [0.25, 0.3) is 10.9 Å². The van der Waals surface area contributed by atoms with E-state index in [9.17, 15) is 4.79 Å². The van der Waals surface area contributed by atoms with Crippen molar-refractivity contribution in [3.8, 4) is 0 Å². The first-order valence-corrected chi connectivity index (χ1v) is 10.8. The molecule has 150 valence electrons. The largest absolute Gasteiger partial charge is 0.361 e. The van der Waals surface area contributed by atoms with Crippen LogP contribution < -0.4 is 5.73 Å². The number of fused-ring (bicyclic) bond motifs is 3. The van der Waals surface area contributed by atoms with E-state index in [-0.39, 0.29) is 11.3 Å². The highest BCUT2D eigenvalue weighted by Gasteiger charge is 2.42. The average Bonchev–Trinajstić information content (AvgIpc) is 3.30. The van der Waals surface area contributed by atoms with E-state index in [1.165, 1.54) is 34.9 Å². The smallest absolute Gasteiger partial charge is 0.239 e. The third-order valence-corrected chi connectivity index (χ3v) is 7.17. The summed E-state index contributed by atoms with van der Waals surface area (Å²) >= 11 is 0. The van der Waals surface area contributed by atoms with Crippen molar-refractivity contribution in [1.82, 2.24) is 9.88 Å². The predicted octanol–water partition coefficient (Wildman–Crippen LogP) is 3.85. The number of hydrogen-bond acceptors (Lipinski definition) is 2. The number of carbonyl (C=O) groups is 1. The Kier molecular flexibility index (Phi) is 4.47. The molecule has 2 aliphatic rings. The molecule has 29 heavy (non-hydrogen) atoms. The monoisotopic (exact) mass is 387 g/mol. The molecule has 0 bridgehead atoms. The molecule has 0 saturated carbocycles. The third kappa shape index (κ3) is 3.16. The number of aryl methyl sites for hydroxylation is 2. The van der Waals surface area contributed by atoms with Gasteiger partial charge in [-0.2, -0.15) is 0 Å². The standard InChI is InChI=1S/C25H29N3O/c1-17-6-7-23-20(14-17)19(16-27-23)15-22(26)24(29)28-12-10-25(11-13-28)9-8-18-4-2-3-5-21(18)25/h2-7,14,16,22,27H,8-13,15,26H2,1H3/t22-/m1/s1. The third-order valence-electron chi connectivity index (χ3n) is 7.17. The van der Waals surface area contributed by atoms with Crippen LogP contribution in [0.4, 0.5) is 0 Å². The van der Waals surface area contributed by atoms with E-state index in [0.29, 0.717) is 6.42 Å². The molecule has 1 amide bonds. The number of nitrogens with zero attached hydrogens (tertiary/aromatic N) is 1. The molecule has 5 rings (SSSR count). The van der Waals surface area contributed by atoms with Crippen LogP contribution in [0.2, 0.25) is 0 Å². The summed E-state index contributed by atoms with van der Waals surface area (Å²) < 4.78 is 0. The fourth-order valence-electron chi connectivity index (χ4n) is 5.46. The van der Waals surface area contributed by atoms with Gasteiger partial charge in [-0.25, -0.2) is 0 Å². The fourth-order valence-corrected chi connectivity index (χ4v) is 5.46. The Labute approximate surface area is 172 Å². The van der Waals surface area contributed by atoms with Crippen LogP contribution in [-0.2, 0) is 23.1 Å². The summed E-state index contributed by atoms with van der Waals surface area (Å²) in [5, 5.41) is 1.17. The Morgan fingerprint density at radius 1 is 1.17 bits per heavy atom. The van der Waals surface area contributed by atoms with Crippen molar-refractivity contribution in [2.24, 2.45) is 5.73 Å². The Hall–Kier alpha value is -2.59. The first-order valence-electron chi connectivity index (χ1n) is 10.8. The number of likely N-dealkylation sites (tertiary alicyclic amines) is 1. The fraction of sp³-hybridized carbons (Fsp3) is 0.400. The van der Waals surface area contributed by atoms with Gasteiger partial charge in [0.1, 0.15) is 0 Å². The van der Waals surface area contributed by atoms with Crippen molar-refractivity contribution in [1.29, 1.82) is 0 Å². The van der Waals surface area contributed by atoms with E-state index in [1.807, 2.05) is 11.1 Å². The van der Waals surface area contributed by atoms with Gasteiger partial charge in [0.05, 0.1) is 6.04 Å². The lowest BCUT2D eigenvalue weighted by Crippen LogP contribution is -2.50. The number of benzene rings is 2. The van der Waals surface area contributed by atoms with Crippen LogP contribution in [0, 0.1) is 6.92 Å². The lowest BCUT2D eigenvalue weighted by molar-refractivity contribution is -0.134. The summed E-state index contributed by atoms with van der Waals surface area (Å²) in [6, 6.07) is 14.7. The van der Waals surface area contributed by atoms with Gasteiger partial charge in [0.25, 0.3) is 0 Å². The van der Waals surface area contributed by atoms with Crippen molar-refractivity contribution in [3.63, 3.8) is 0 Å². The topological polar surface area (TPSA) is 62.1 Å². The minimum Gasteiger partial charge on any atom is -0.361 e. The number of hydrogen-bond donors (Lipinski definition) is 2. The molecular formula is C25H29N3O. The van der Waals surface area contributed by atoms with E-state index in [0.717, 1.165) is 37.0 Å². The molecule has 3 aromatic rings. The molecule has 1 aromatic heterocycles. The second-order valence-electron chi connectivity index (χ2n) is 8.94. The number of nitrogens with one attached hydrogen (secondary N) is 1. The Morgan fingerprint density at radius 3 is 2.79 bits per heavy atom. The molecule has 4 heteroatoms. The van der Waals surface area contributed by atoms with Crippen molar-refractivity contribution in [2.45, 2.75) is 50.5 Å². The average molecular weight is 388 g/mol. The highest BCUT2D eigenvalue weighted by atomic mass is 16.2. The number of carbonyl (C=O) groups excluding carboxylic acids is 1. The molecule has 1 aliphatic carbocycles. The number of aromatic nitrogens is 1. The molecule has 0 unspecified atom stereocenters. The predicted molar refractivity (Wildman–Crippen MR) is 117 cm³/mol. The molecule has 1 aliphatic heterocycles. The normalized spacial score (nSPS) is 18.9. The van der Waals surface area contributed by atoms with Gasteiger partial charge >= 0.3 is 0 Å². The molecule has 2 aromatic carbocycles. The SMILES string of the molecule is Cc1ccc2[nH]cc(C[C@@H](N)C(=O)N3CCC4(CCc5ccccc54)CC3)c2c1. The van der Waals surface area contributed by atoms with E-state index in [2.05, 4.69) is 54.4 Å². The summed E-state index contributed by atoms with van der Waals surface area (Å²) in [7, 11) is 0. The number of nitrogens with two attached hydrogens (primary N) is 1. The maximum atomic E-state index is 13.1. The zero-order valence-electron chi connectivity index (χ0n) is 17.1. The molecule has 1 spiro atoms. The van der Waals surface area contributed by atoms with Gasteiger partial charge in [-0.1, -0.05) is 35.9 Å². The number of rotatable bonds is 3. The Bertz CT molecular complexity index is 1060. The van der Waals surface area contributed by atoms with Crippen LogP contribution in [0.5, 0.6) is 0 Å². The van der Waals surface area contributed by atoms with Gasteiger partial charge in [-0.15, -0.1) is 0 Å². The maximum absolute atomic E-state index is 13.1. The highest BCUT2D eigenvalue weighted by molar-refractivity contribution is 5.86. The van der Waals surface area contributed by atoms with E-state index >= 15 is 0 Å². The Morgan fingerprint density at radius 2 is 1.97 bits per heavy atom. The van der Waals surface area contributed by atoms with Crippen LogP contribution in [0.1, 0.15) is 41.5 Å². The number of piperidine rings is 1. The number of aromatic amines is 1. The zero-order valence-corrected chi connectivity index (χ0v) is 17.1. The summed E-state index contributed by atoms with van der Waals surface area (Å²) in [6.45, 7) is 3.72. The van der Waals surface area contributed by atoms with Crippen LogP contribution >= 0.6 is 0 Å². The Balaban J connectivity index is 1.26. The minimum atomic E-state index is -0.487. The van der Waals surface area contributed by atoms with Crippen molar-refractivity contribution in [3.05, 3.63) is 70.9 Å². The summed E-state index contributed by atoms with van der Waals surface area (Å²) in [6.07, 6.45) is 7.06. The van der Waals surface area contributed by atoms with Crippen molar-refractivity contribution >= 4 is 16.8 Å².